The van der Waals surface area contributed by atoms with E-state index in [0.717, 1.165) is 12.8 Å². The van der Waals surface area contributed by atoms with Gasteiger partial charge in [-0.2, -0.15) is 0 Å². The van der Waals surface area contributed by atoms with Gasteiger partial charge in [-0.15, -0.1) is 0 Å². The first kappa shape index (κ1) is 9.74. The molecule has 3 nitrogen and oxygen atoms in total. The summed E-state index contributed by atoms with van der Waals surface area (Å²) in [6.07, 6.45) is 4.77. The molecule has 0 heterocycles. The highest BCUT2D eigenvalue weighted by Crippen LogP contribution is 2.16. The normalized spacial score (nSPS) is 29.5. The maximum absolute atomic E-state index is 5.93. The van der Waals surface area contributed by atoms with E-state index in [-0.39, 0.29) is 6.04 Å². The van der Waals surface area contributed by atoms with Gasteiger partial charge in [0.15, 0.2) is 5.11 Å². The predicted molar refractivity (Wildman–Crippen MR) is 55.0 cm³/mol. The van der Waals surface area contributed by atoms with Gasteiger partial charge in [-0.05, 0) is 25.1 Å². The molecule has 12 heavy (non-hydrogen) atoms. The Labute approximate surface area is 79.1 Å². The molecule has 0 bridgehead atoms. The summed E-state index contributed by atoms with van der Waals surface area (Å²) in [6.45, 7) is 0. The number of hydrogen-bond donors (Lipinski definition) is 3. The van der Waals surface area contributed by atoms with Crippen molar-refractivity contribution in [3.8, 4) is 0 Å². The first-order chi connectivity index (χ1) is 5.74. The number of thiocarbonyl (C=S) groups is 1. The van der Waals surface area contributed by atoms with Gasteiger partial charge in [-0.25, -0.2) is 0 Å². The number of hydrogen-bond acceptors (Lipinski definition) is 2. The topological polar surface area (TPSA) is 50.1 Å². The van der Waals surface area contributed by atoms with Gasteiger partial charge >= 0.3 is 0 Å². The third-order valence-electron chi connectivity index (χ3n) is 2.36. The van der Waals surface area contributed by atoms with Gasteiger partial charge in [-0.3, -0.25) is 0 Å². The van der Waals surface area contributed by atoms with Crippen molar-refractivity contribution in [3.63, 3.8) is 0 Å². The Kier molecular flexibility index (Phi) is 3.75. The Morgan fingerprint density at radius 1 is 1.42 bits per heavy atom. The maximum Gasteiger partial charge on any atom is 0.166 e. The Morgan fingerprint density at radius 2 is 2.08 bits per heavy atom. The molecule has 4 heteroatoms. The van der Waals surface area contributed by atoms with Crippen LogP contribution in [0.15, 0.2) is 0 Å². The van der Waals surface area contributed by atoms with E-state index < -0.39 is 0 Å². The van der Waals surface area contributed by atoms with Gasteiger partial charge in [0.1, 0.15) is 0 Å². The summed E-state index contributed by atoms with van der Waals surface area (Å²) < 4.78 is 0. The third kappa shape index (κ3) is 2.60. The molecule has 1 aliphatic carbocycles. The van der Waals surface area contributed by atoms with Crippen LogP contribution in [0.1, 0.15) is 25.7 Å². The van der Waals surface area contributed by atoms with Crippen LogP contribution in [0.2, 0.25) is 0 Å². The average molecular weight is 187 g/mol. The number of nitrogens with one attached hydrogen (secondary N) is 2. The lowest BCUT2D eigenvalue weighted by Gasteiger charge is -2.29. The van der Waals surface area contributed by atoms with Crippen molar-refractivity contribution in [1.29, 1.82) is 0 Å². The molecule has 4 N–H and O–H groups in total. The largest absolute Gasteiger partial charge is 0.366 e. The quantitative estimate of drug-likeness (QED) is 0.519. The van der Waals surface area contributed by atoms with Crippen LogP contribution in [0.4, 0.5) is 0 Å². The Morgan fingerprint density at radius 3 is 2.67 bits per heavy atom. The summed E-state index contributed by atoms with van der Waals surface area (Å²) in [6, 6.07) is 0.642. The van der Waals surface area contributed by atoms with E-state index in [0.29, 0.717) is 11.2 Å². The van der Waals surface area contributed by atoms with Crippen molar-refractivity contribution in [2.75, 3.05) is 7.05 Å². The molecule has 1 aliphatic rings. The van der Waals surface area contributed by atoms with Crippen LogP contribution >= 0.6 is 12.2 Å². The van der Waals surface area contributed by atoms with Gasteiger partial charge in [-0.1, -0.05) is 12.8 Å². The molecule has 1 fully saturated rings. The average Bonchev–Trinajstić information content (AvgIpc) is 2.09. The molecule has 0 aromatic heterocycles. The maximum atomic E-state index is 5.93. The van der Waals surface area contributed by atoms with Crippen molar-refractivity contribution < 1.29 is 0 Å². The Bertz CT molecular complexity index is 160. The molecular formula is C8H17N3S. The lowest BCUT2D eigenvalue weighted by Crippen LogP contribution is -2.51. The van der Waals surface area contributed by atoms with E-state index in [4.69, 9.17) is 18.0 Å². The minimum atomic E-state index is 0.269. The summed E-state index contributed by atoms with van der Waals surface area (Å²) in [7, 11) is 1.82. The van der Waals surface area contributed by atoms with E-state index in [1.54, 1.807) is 0 Å². The number of nitrogens with two attached hydrogens (primary N) is 1. The molecule has 70 valence electrons. The molecule has 0 saturated heterocycles. The van der Waals surface area contributed by atoms with E-state index in [1.807, 2.05) is 7.05 Å². The lowest BCUT2D eigenvalue weighted by atomic mass is 9.91. The van der Waals surface area contributed by atoms with Crippen molar-refractivity contribution in [2.24, 2.45) is 5.73 Å². The highest BCUT2D eigenvalue weighted by Gasteiger charge is 2.21. The SMILES string of the molecule is CNC(=S)N[C@@H]1CCCC[C@H]1N. The van der Waals surface area contributed by atoms with Crippen LogP contribution < -0.4 is 16.4 Å². The van der Waals surface area contributed by atoms with Crippen LogP contribution in [0.3, 0.4) is 0 Å². The molecular weight excluding hydrogens is 170 g/mol. The second-order valence-electron chi connectivity index (χ2n) is 3.28. The van der Waals surface area contributed by atoms with Gasteiger partial charge < -0.3 is 16.4 Å². The van der Waals surface area contributed by atoms with Crippen molar-refractivity contribution >= 4 is 17.3 Å². The summed E-state index contributed by atoms with van der Waals surface area (Å²) >= 11 is 5.01. The molecule has 0 amide bonds. The highest BCUT2D eigenvalue weighted by atomic mass is 32.1. The summed E-state index contributed by atoms with van der Waals surface area (Å²) in [5.74, 6) is 0. The minimum Gasteiger partial charge on any atom is -0.366 e. The zero-order valence-electron chi connectivity index (χ0n) is 7.47. The molecule has 0 aliphatic heterocycles. The van der Waals surface area contributed by atoms with Crippen molar-refractivity contribution in [2.45, 2.75) is 37.8 Å². The molecule has 0 unspecified atom stereocenters. The highest BCUT2D eigenvalue weighted by molar-refractivity contribution is 7.80. The fourth-order valence-corrected chi connectivity index (χ4v) is 1.73. The zero-order chi connectivity index (χ0) is 8.97. The Balaban J connectivity index is 2.33. The predicted octanol–water partition coefficient (Wildman–Crippen LogP) is 0.350. The third-order valence-corrected chi connectivity index (χ3v) is 2.68. The molecule has 2 atom stereocenters. The minimum absolute atomic E-state index is 0.269. The van der Waals surface area contributed by atoms with Crippen molar-refractivity contribution in [1.82, 2.24) is 10.6 Å². The van der Waals surface area contributed by atoms with Crippen LogP contribution in [0.25, 0.3) is 0 Å². The van der Waals surface area contributed by atoms with Gasteiger partial charge in [0.05, 0.1) is 0 Å². The van der Waals surface area contributed by atoms with Gasteiger partial charge in [0.2, 0.25) is 0 Å². The monoisotopic (exact) mass is 187 g/mol. The molecule has 0 aromatic carbocycles. The number of rotatable bonds is 1. The van der Waals surface area contributed by atoms with Gasteiger partial charge in [0.25, 0.3) is 0 Å². The van der Waals surface area contributed by atoms with E-state index in [2.05, 4.69) is 10.6 Å². The van der Waals surface area contributed by atoms with E-state index >= 15 is 0 Å². The Hall–Kier alpha value is -0.350. The summed E-state index contributed by atoms with van der Waals surface area (Å²) in [5.41, 5.74) is 5.93. The molecule has 0 aromatic rings. The van der Waals surface area contributed by atoms with E-state index in [1.165, 1.54) is 12.8 Å². The van der Waals surface area contributed by atoms with Crippen LogP contribution in [-0.2, 0) is 0 Å². The van der Waals surface area contributed by atoms with Crippen LogP contribution in [-0.4, -0.2) is 24.2 Å². The standard InChI is InChI=1S/C8H17N3S/c1-10-8(12)11-7-5-3-2-4-6(7)9/h6-7H,2-5,9H2,1H3,(H2,10,11,12)/t6-,7-/m1/s1. The molecule has 0 spiro atoms. The molecule has 0 radical (unpaired) electrons. The molecule has 1 rings (SSSR count). The van der Waals surface area contributed by atoms with Crippen molar-refractivity contribution in [3.05, 3.63) is 0 Å². The molecule has 1 saturated carbocycles. The first-order valence-corrected chi connectivity index (χ1v) is 4.88. The second-order valence-corrected chi connectivity index (χ2v) is 3.69. The fourth-order valence-electron chi connectivity index (χ4n) is 1.58. The lowest BCUT2D eigenvalue weighted by molar-refractivity contribution is 0.360. The smallest absolute Gasteiger partial charge is 0.166 e. The van der Waals surface area contributed by atoms with E-state index in [9.17, 15) is 0 Å². The van der Waals surface area contributed by atoms with Crippen LogP contribution in [0.5, 0.6) is 0 Å². The van der Waals surface area contributed by atoms with Gasteiger partial charge in [0, 0.05) is 19.1 Å². The van der Waals surface area contributed by atoms with Crippen LogP contribution in [0, 0.1) is 0 Å². The fraction of sp³-hybridized carbons (Fsp3) is 0.875. The first-order valence-electron chi connectivity index (χ1n) is 4.48. The summed E-state index contributed by atoms with van der Waals surface area (Å²) in [4.78, 5) is 0. The summed E-state index contributed by atoms with van der Waals surface area (Å²) in [5, 5.41) is 6.82. The second kappa shape index (κ2) is 4.62. The zero-order valence-corrected chi connectivity index (χ0v) is 8.29.